The Bertz CT molecular complexity index is 492. The van der Waals surface area contributed by atoms with Crippen LogP contribution in [-0.2, 0) is 5.54 Å². The highest BCUT2D eigenvalue weighted by Gasteiger charge is 2.43. The maximum absolute atomic E-state index is 12.7. The summed E-state index contributed by atoms with van der Waals surface area (Å²) in [5.74, 6) is -0.267. The van der Waals surface area contributed by atoms with Gasteiger partial charge in [0, 0.05) is 5.92 Å². The Hall–Kier alpha value is -0.820. The minimum atomic E-state index is -4.09. The van der Waals surface area contributed by atoms with Crippen molar-refractivity contribution in [2.45, 2.75) is 69.0 Å². The van der Waals surface area contributed by atoms with Gasteiger partial charge < -0.3 is 10.3 Å². The molecule has 0 atom stereocenters. The van der Waals surface area contributed by atoms with Crippen molar-refractivity contribution in [3.8, 4) is 0 Å². The van der Waals surface area contributed by atoms with Crippen molar-refractivity contribution in [2.24, 2.45) is 11.7 Å². The zero-order valence-electron chi connectivity index (χ0n) is 12.2. The summed E-state index contributed by atoms with van der Waals surface area (Å²) >= 11 is 0. The van der Waals surface area contributed by atoms with E-state index in [-0.39, 0.29) is 31.2 Å². The molecule has 0 saturated heterocycles. The van der Waals surface area contributed by atoms with Gasteiger partial charge in [-0.25, -0.2) is 0 Å². The van der Waals surface area contributed by atoms with Crippen LogP contribution in [0.15, 0.2) is 4.52 Å². The zero-order chi connectivity index (χ0) is 15.1. The number of alkyl halides is 3. The third kappa shape index (κ3) is 3.40. The molecule has 126 valence electrons. The summed E-state index contributed by atoms with van der Waals surface area (Å²) in [6, 6.07) is 0. The first-order chi connectivity index (χ1) is 9.88. The monoisotopic (exact) mass is 339 g/mol. The van der Waals surface area contributed by atoms with Gasteiger partial charge >= 0.3 is 6.18 Å². The molecule has 8 heteroatoms. The SMILES string of the molecule is Cl.NC1(c2noc(C3CCC(C(F)(F)F)CC3)n2)CCCC1. The van der Waals surface area contributed by atoms with Gasteiger partial charge in [-0.15, -0.1) is 12.4 Å². The zero-order valence-corrected chi connectivity index (χ0v) is 13.1. The molecule has 22 heavy (non-hydrogen) atoms. The molecule has 2 saturated carbocycles. The molecule has 3 rings (SSSR count). The van der Waals surface area contributed by atoms with E-state index in [1.807, 2.05) is 0 Å². The number of halogens is 4. The standard InChI is InChI=1S/C14H20F3N3O.ClH/c15-14(16,17)10-5-3-9(4-6-10)11-19-12(20-21-11)13(18)7-1-2-8-13;/h9-10H,1-8,18H2;1H. The van der Waals surface area contributed by atoms with Crippen molar-refractivity contribution in [1.82, 2.24) is 10.1 Å². The number of nitrogens with two attached hydrogens (primary N) is 1. The number of aromatic nitrogens is 2. The number of hydrogen-bond acceptors (Lipinski definition) is 4. The minimum Gasteiger partial charge on any atom is -0.339 e. The average molecular weight is 340 g/mol. The van der Waals surface area contributed by atoms with Crippen molar-refractivity contribution >= 4 is 12.4 Å². The van der Waals surface area contributed by atoms with Gasteiger partial charge in [-0.2, -0.15) is 18.2 Å². The summed E-state index contributed by atoms with van der Waals surface area (Å²) in [6.45, 7) is 0. The first-order valence-corrected chi connectivity index (χ1v) is 7.58. The van der Waals surface area contributed by atoms with Gasteiger partial charge in [0.05, 0.1) is 11.5 Å². The van der Waals surface area contributed by atoms with Crippen LogP contribution < -0.4 is 5.73 Å². The molecular weight excluding hydrogens is 319 g/mol. The summed E-state index contributed by atoms with van der Waals surface area (Å²) in [7, 11) is 0. The molecular formula is C14H21ClF3N3O. The van der Waals surface area contributed by atoms with Crippen LogP contribution >= 0.6 is 12.4 Å². The van der Waals surface area contributed by atoms with Crippen LogP contribution in [0.5, 0.6) is 0 Å². The van der Waals surface area contributed by atoms with Crippen LogP contribution in [0.2, 0.25) is 0 Å². The molecule has 0 unspecified atom stereocenters. The fourth-order valence-corrected chi connectivity index (χ4v) is 3.50. The lowest BCUT2D eigenvalue weighted by atomic mass is 9.81. The van der Waals surface area contributed by atoms with Gasteiger partial charge in [0.25, 0.3) is 0 Å². The van der Waals surface area contributed by atoms with E-state index in [4.69, 9.17) is 10.3 Å². The first-order valence-electron chi connectivity index (χ1n) is 7.58. The van der Waals surface area contributed by atoms with E-state index in [9.17, 15) is 13.2 Å². The molecule has 1 aromatic heterocycles. The fraction of sp³-hybridized carbons (Fsp3) is 0.857. The highest BCUT2D eigenvalue weighted by atomic mass is 35.5. The molecule has 2 fully saturated rings. The van der Waals surface area contributed by atoms with Crippen molar-refractivity contribution in [1.29, 1.82) is 0 Å². The summed E-state index contributed by atoms with van der Waals surface area (Å²) < 4.78 is 43.3. The molecule has 2 N–H and O–H groups in total. The van der Waals surface area contributed by atoms with E-state index in [1.165, 1.54) is 0 Å². The van der Waals surface area contributed by atoms with Gasteiger partial charge in [0.15, 0.2) is 5.82 Å². The van der Waals surface area contributed by atoms with Crippen molar-refractivity contribution in [2.75, 3.05) is 0 Å². The van der Waals surface area contributed by atoms with Crippen LogP contribution in [0, 0.1) is 5.92 Å². The Morgan fingerprint density at radius 2 is 1.68 bits per heavy atom. The lowest BCUT2D eigenvalue weighted by Crippen LogP contribution is -2.34. The molecule has 4 nitrogen and oxygen atoms in total. The molecule has 0 radical (unpaired) electrons. The van der Waals surface area contributed by atoms with E-state index in [1.54, 1.807) is 0 Å². The molecule has 1 aromatic rings. The topological polar surface area (TPSA) is 64.9 Å². The summed E-state index contributed by atoms with van der Waals surface area (Å²) in [4.78, 5) is 4.39. The summed E-state index contributed by atoms with van der Waals surface area (Å²) in [6.07, 6.45) is 0.871. The molecule has 2 aliphatic carbocycles. The minimum absolute atomic E-state index is 0. The molecule has 0 amide bonds. The van der Waals surface area contributed by atoms with Gasteiger partial charge in [-0.1, -0.05) is 18.0 Å². The van der Waals surface area contributed by atoms with Crippen molar-refractivity contribution in [3.05, 3.63) is 11.7 Å². The Labute approximate surface area is 133 Å². The molecule has 0 bridgehead atoms. The van der Waals surface area contributed by atoms with Gasteiger partial charge in [-0.05, 0) is 38.5 Å². The Kier molecular flexibility index (Phi) is 5.06. The van der Waals surface area contributed by atoms with Gasteiger partial charge in [0.1, 0.15) is 0 Å². The second kappa shape index (κ2) is 6.35. The van der Waals surface area contributed by atoms with Gasteiger partial charge in [0.2, 0.25) is 5.89 Å². The Morgan fingerprint density at radius 1 is 1.09 bits per heavy atom. The van der Waals surface area contributed by atoms with E-state index in [0.29, 0.717) is 24.6 Å². The van der Waals surface area contributed by atoms with Gasteiger partial charge in [-0.3, -0.25) is 0 Å². The van der Waals surface area contributed by atoms with Crippen LogP contribution in [0.4, 0.5) is 13.2 Å². The lowest BCUT2D eigenvalue weighted by Gasteiger charge is -2.27. The van der Waals surface area contributed by atoms with E-state index in [0.717, 1.165) is 25.7 Å². The Morgan fingerprint density at radius 3 is 2.23 bits per heavy atom. The lowest BCUT2D eigenvalue weighted by molar-refractivity contribution is -0.182. The number of hydrogen-bond donors (Lipinski definition) is 1. The predicted molar refractivity (Wildman–Crippen MR) is 76.6 cm³/mol. The average Bonchev–Trinajstić information content (AvgIpc) is 3.07. The smallest absolute Gasteiger partial charge is 0.339 e. The predicted octanol–water partition coefficient (Wildman–Crippen LogP) is 4.06. The molecule has 0 aliphatic heterocycles. The second-order valence-corrected chi connectivity index (χ2v) is 6.41. The highest BCUT2D eigenvalue weighted by Crippen LogP contribution is 2.43. The Balaban J connectivity index is 0.00000176. The number of nitrogens with zero attached hydrogens (tertiary/aromatic N) is 2. The fourth-order valence-electron chi connectivity index (χ4n) is 3.50. The molecule has 2 aliphatic rings. The van der Waals surface area contributed by atoms with E-state index in [2.05, 4.69) is 10.1 Å². The molecule has 0 spiro atoms. The summed E-state index contributed by atoms with van der Waals surface area (Å²) in [5.41, 5.74) is 5.76. The van der Waals surface area contributed by atoms with Crippen LogP contribution in [-0.4, -0.2) is 16.3 Å². The van der Waals surface area contributed by atoms with E-state index < -0.39 is 17.6 Å². The third-order valence-corrected chi connectivity index (χ3v) is 4.92. The van der Waals surface area contributed by atoms with Crippen LogP contribution in [0.3, 0.4) is 0 Å². The largest absolute Gasteiger partial charge is 0.391 e. The van der Waals surface area contributed by atoms with Crippen LogP contribution in [0.1, 0.15) is 69.0 Å². The van der Waals surface area contributed by atoms with Crippen molar-refractivity contribution < 1.29 is 17.7 Å². The maximum atomic E-state index is 12.7. The summed E-state index contributed by atoms with van der Waals surface area (Å²) in [5, 5.41) is 3.98. The normalized spacial score (nSPS) is 28.4. The molecule has 1 heterocycles. The quantitative estimate of drug-likeness (QED) is 0.882. The van der Waals surface area contributed by atoms with E-state index >= 15 is 0 Å². The number of rotatable bonds is 2. The van der Waals surface area contributed by atoms with Crippen LogP contribution in [0.25, 0.3) is 0 Å². The molecule has 0 aromatic carbocycles. The van der Waals surface area contributed by atoms with Crippen molar-refractivity contribution in [3.63, 3.8) is 0 Å². The second-order valence-electron chi connectivity index (χ2n) is 6.41. The maximum Gasteiger partial charge on any atom is 0.391 e. The highest BCUT2D eigenvalue weighted by molar-refractivity contribution is 5.85. The third-order valence-electron chi connectivity index (χ3n) is 4.92. The first kappa shape index (κ1) is 17.5.